The van der Waals surface area contributed by atoms with E-state index in [2.05, 4.69) is 15.4 Å². The normalized spacial score (nSPS) is 10.2. The van der Waals surface area contributed by atoms with Gasteiger partial charge in [0, 0.05) is 12.4 Å². The van der Waals surface area contributed by atoms with Crippen molar-refractivity contribution in [3.05, 3.63) is 71.9 Å². The predicted molar refractivity (Wildman–Crippen MR) is 91.2 cm³/mol. The van der Waals surface area contributed by atoms with Crippen molar-refractivity contribution >= 4 is 11.8 Å². The Morgan fingerprint density at radius 3 is 2.96 bits per heavy atom. The molecular weight excluding hydrogens is 337 g/mol. The van der Waals surface area contributed by atoms with E-state index in [0.29, 0.717) is 17.9 Å². The van der Waals surface area contributed by atoms with Crippen LogP contribution in [0.1, 0.15) is 15.9 Å². The second-order valence-corrected chi connectivity index (χ2v) is 5.20. The van der Waals surface area contributed by atoms with Crippen molar-refractivity contribution in [3.8, 4) is 11.8 Å². The fourth-order valence-electron chi connectivity index (χ4n) is 2.23. The van der Waals surface area contributed by atoms with Crippen LogP contribution in [0, 0.1) is 17.1 Å². The van der Waals surface area contributed by atoms with Crippen LogP contribution in [0.3, 0.4) is 0 Å². The number of hydrogen-bond donors (Lipinski definition) is 1. The number of anilines is 1. The van der Waals surface area contributed by atoms with E-state index >= 15 is 0 Å². The number of esters is 1. The summed E-state index contributed by atoms with van der Waals surface area (Å²) in [6.45, 7) is 0.365. The summed E-state index contributed by atoms with van der Waals surface area (Å²) in [4.78, 5) is 16.1. The molecule has 0 saturated carbocycles. The number of nitrogens with one attached hydrogen (secondary N) is 1. The molecule has 0 amide bonds. The van der Waals surface area contributed by atoms with Gasteiger partial charge in [0.25, 0.3) is 0 Å². The molecule has 2 aromatic heterocycles. The van der Waals surface area contributed by atoms with Crippen molar-refractivity contribution in [2.45, 2.75) is 0 Å². The Hall–Kier alpha value is -3.73. The van der Waals surface area contributed by atoms with Gasteiger partial charge in [-0.3, -0.25) is 0 Å². The number of ether oxygens (including phenoxy) is 1. The Labute approximate surface area is 148 Å². The summed E-state index contributed by atoms with van der Waals surface area (Å²) >= 11 is 0. The summed E-state index contributed by atoms with van der Waals surface area (Å²) in [5, 5.41) is 15.9. The molecule has 2 heterocycles. The zero-order valence-electron chi connectivity index (χ0n) is 13.6. The third-order valence-electron chi connectivity index (χ3n) is 3.47. The van der Waals surface area contributed by atoms with Crippen LogP contribution in [0.5, 0.6) is 0 Å². The summed E-state index contributed by atoms with van der Waals surface area (Å²) in [5.41, 5.74) is 0.862. The highest BCUT2D eigenvalue weighted by molar-refractivity contribution is 5.88. The maximum absolute atomic E-state index is 13.7. The van der Waals surface area contributed by atoms with Crippen LogP contribution in [0.25, 0.3) is 5.69 Å². The lowest BCUT2D eigenvalue weighted by molar-refractivity contribution is 0.0520. The van der Waals surface area contributed by atoms with Gasteiger partial charge in [0.2, 0.25) is 0 Å². The third-order valence-corrected chi connectivity index (χ3v) is 3.47. The average molecular weight is 351 g/mol. The fraction of sp³-hybridized carbons (Fsp3) is 0.111. The summed E-state index contributed by atoms with van der Waals surface area (Å²) < 4.78 is 20.2. The van der Waals surface area contributed by atoms with Gasteiger partial charge in [0.15, 0.2) is 0 Å². The summed E-state index contributed by atoms with van der Waals surface area (Å²) in [7, 11) is 0. The zero-order valence-corrected chi connectivity index (χ0v) is 13.6. The molecule has 0 aliphatic heterocycles. The molecular formula is C18H14FN5O2. The minimum absolute atomic E-state index is 0.0746. The number of aromatic nitrogens is 3. The molecule has 0 aliphatic carbocycles. The first-order valence-electron chi connectivity index (χ1n) is 7.74. The van der Waals surface area contributed by atoms with Crippen molar-refractivity contribution in [2.75, 3.05) is 18.5 Å². The first kappa shape index (κ1) is 17.1. The van der Waals surface area contributed by atoms with E-state index < -0.39 is 11.8 Å². The standard InChI is InChI=1S/C18H14FN5O2/c19-15-5-1-2-6-16(15)24-12-14(11-23-24)18(25)26-9-8-22-17-13(10-20)4-3-7-21-17/h1-7,11-12H,8-9H2,(H,21,22). The van der Waals surface area contributed by atoms with Gasteiger partial charge in [-0.1, -0.05) is 12.1 Å². The summed E-state index contributed by atoms with van der Waals surface area (Å²) in [5.74, 6) is -0.585. The van der Waals surface area contributed by atoms with Gasteiger partial charge in [-0.15, -0.1) is 0 Å². The van der Waals surface area contributed by atoms with E-state index in [1.165, 1.54) is 23.1 Å². The highest BCUT2D eigenvalue weighted by atomic mass is 19.1. The molecule has 0 saturated heterocycles. The number of nitrogens with zero attached hydrogens (tertiary/aromatic N) is 4. The molecule has 0 radical (unpaired) electrons. The van der Waals surface area contributed by atoms with Crippen molar-refractivity contribution < 1.29 is 13.9 Å². The van der Waals surface area contributed by atoms with E-state index in [9.17, 15) is 9.18 Å². The number of nitriles is 1. The monoisotopic (exact) mass is 351 g/mol. The average Bonchev–Trinajstić information content (AvgIpc) is 3.16. The van der Waals surface area contributed by atoms with Crippen LogP contribution in [-0.2, 0) is 4.74 Å². The van der Waals surface area contributed by atoms with Crippen LogP contribution >= 0.6 is 0 Å². The van der Waals surface area contributed by atoms with Crippen molar-refractivity contribution in [2.24, 2.45) is 0 Å². The molecule has 0 aliphatic rings. The maximum atomic E-state index is 13.7. The molecule has 0 fully saturated rings. The van der Waals surface area contributed by atoms with Gasteiger partial charge in [-0.05, 0) is 24.3 Å². The number of carbonyl (C=O) groups is 1. The summed E-state index contributed by atoms with van der Waals surface area (Å²) in [6.07, 6.45) is 4.28. The first-order chi connectivity index (χ1) is 12.7. The van der Waals surface area contributed by atoms with E-state index in [-0.39, 0.29) is 17.9 Å². The van der Waals surface area contributed by atoms with E-state index in [1.54, 1.807) is 36.5 Å². The van der Waals surface area contributed by atoms with Gasteiger partial charge >= 0.3 is 5.97 Å². The molecule has 0 unspecified atom stereocenters. The lowest BCUT2D eigenvalue weighted by Gasteiger charge is -2.07. The largest absolute Gasteiger partial charge is 0.460 e. The minimum Gasteiger partial charge on any atom is -0.460 e. The van der Waals surface area contributed by atoms with E-state index in [1.807, 2.05) is 6.07 Å². The Morgan fingerprint density at radius 2 is 2.15 bits per heavy atom. The van der Waals surface area contributed by atoms with Crippen LogP contribution < -0.4 is 5.32 Å². The lowest BCUT2D eigenvalue weighted by atomic mass is 10.3. The van der Waals surface area contributed by atoms with Gasteiger partial charge < -0.3 is 10.1 Å². The molecule has 8 heteroatoms. The van der Waals surface area contributed by atoms with Crippen LogP contribution in [-0.4, -0.2) is 33.9 Å². The highest BCUT2D eigenvalue weighted by Gasteiger charge is 2.12. The number of rotatable bonds is 6. The van der Waals surface area contributed by atoms with Crippen molar-refractivity contribution in [1.82, 2.24) is 14.8 Å². The van der Waals surface area contributed by atoms with Crippen molar-refractivity contribution in [1.29, 1.82) is 5.26 Å². The number of halogens is 1. The van der Waals surface area contributed by atoms with E-state index in [0.717, 1.165) is 0 Å². The van der Waals surface area contributed by atoms with Gasteiger partial charge in [-0.25, -0.2) is 18.9 Å². The topological polar surface area (TPSA) is 92.8 Å². The second-order valence-electron chi connectivity index (χ2n) is 5.20. The van der Waals surface area contributed by atoms with Crippen LogP contribution in [0.4, 0.5) is 10.2 Å². The second kappa shape index (κ2) is 7.90. The first-order valence-corrected chi connectivity index (χ1v) is 7.74. The van der Waals surface area contributed by atoms with Crippen molar-refractivity contribution in [3.63, 3.8) is 0 Å². The Morgan fingerprint density at radius 1 is 1.31 bits per heavy atom. The molecule has 0 atom stereocenters. The number of pyridine rings is 1. The molecule has 130 valence electrons. The SMILES string of the molecule is N#Cc1cccnc1NCCOC(=O)c1cnn(-c2ccccc2F)c1. The van der Waals surface area contributed by atoms with Crippen LogP contribution in [0.2, 0.25) is 0 Å². The fourth-order valence-corrected chi connectivity index (χ4v) is 2.23. The Bertz CT molecular complexity index is 964. The summed E-state index contributed by atoms with van der Waals surface area (Å²) in [6, 6.07) is 11.4. The highest BCUT2D eigenvalue weighted by Crippen LogP contribution is 2.13. The molecule has 1 aromatic carbocycles. The molecule has 7 nitrogen and oxygen atoms in total. The molecule has 3 rings (SSSR count). The molecule has 1 N–H and O–H groups in total. The molecule has 0 bridgehead atoms. The number of para-hydroxylation sites is 1. The minimum atomic E-state index is -0.573. The Kier molecular flexibility index (Phi) is 5.19. The lowest BCUT2D eigenvalue weighted by Crippen LogP contribution is -2.14. The smallest absolute Gasteiger partial charge is 0.341 e. The third kappa shape index (κ3) is 3.84. The van der Waals surface area contributed by atoms with Crippen LogP contribution in [0.15, 0.2) is 55.0 Å². The quantitative estimate of drug-likeness (QED) is 0.542. The van der Waals surface area contributed by atoms with Gasteiger partial charge in [-0.2, -0.15) is 10.4 Å². The Balaban J connectivity index is 1.55. The number of benzene rings is 1. The molecule has 0 spiro atoms. The molecule has 26 heavy (non-hydrogen) atoms. The number of carbonyl (C=O) groups excluding carboxylic acids is 1. The van der Waals surface area contributed by atoms with Gasteiger partial charge in [0.1, 0.15) is 30.0 Å². The zero-order chi connectivity index (χ0) is 18.4. The molecule has 3 aromatic rings. The number of hydrogen-bond acceptors (Lipinski definition) is 6. The maximum Gasteiger partial charge on any atom is 0.341 e. The van der Waals surface area contributed by atoms with Gasteiger partial charge in [0.05, 0.1) is 23.9 Å². The predicted octanol–water partition coefficient (Wildman–Crippen LogP) is 2.55. The van der Waals surface area contributed by atoms with E-state index in [4.69, 9.17) is 10.00 Å².